The molecule has 3 aliphatic carbocycles. The molecule has 4 rings (SSSR count). The Balaban J connectivity index is 1.79. The van der Waals surface area contributed by atoms with Crippen molar-refractivity contribution in [2.45, 2.75) is 41.8 Å². The number of rotatable bonds is 4. The van der Waals surface area contributed by atoms with Crippen molar-refractivity contribution in [3.05, 3.63) is 30.1 Å². The Bertz CT molecular complexity index is 592. The van der Waals surface area contributed by atoms with Crippen LogP contribution in [0.25, 0.3) is 0 Å². The SMILES string of the molecule is CC1(C)[C@@]2(C(=O)NCc3cccnc3)CC[C@@]1(C(Br)Br)[C@H]2Br. The average Bonchev–Trinajstić information content (AvgIpc) is 2.95. The van der Waals surface area contributed by atoms with Gasteiger partial charge in [-0.05, 0) is 29.9 Å². The molecule has 0 radical (unpaired) electrons. The molecular formula is C16H19Br3N2O. The van der Waals surface area contributed by atoms with Gasteiger partial charge in [0.2, 0.25) is 5.91 Å². The van der Waals surface area contributed by atoms with E-state index in [1.807, 2.05) is 12.1 Å². The molecular weight excluding hydrogens is 476 g/mol. The zero-order chi connectivity index (χ0) is 16.2. The number of pyridine rings is 1. The molecule has 3 saturated carbocycles. The van der Waals surface area contributed by atoms with Crippen LogP contribution in [0.5, 0.6) is 0 Å². The molecule has 1 heterocycles. The van der Waals surface area contributed by atoms with Crippen LogP contribution in [0.15, 0.2) is 24.5 Å². The fraction of sp³-hybridized carbons (Fsp3) is 0.625. The van der Waals surface area contributed by atoms with E-state index in [1.54, 1.807) is 12.4 Å². The van der Waals surface area contributed by atoms with Crippen molar-refractivity contribution in [3.63, 3.8) is 0 Å². The number of amides is 1. The van der Waals surface area contributed by atoms with Crippen molar-refractivity contribution >= 4 is 53.7 Å². The third-order valence-electron chi connectivity index (χ3n) is 6.07. The first-order valence-electron chi connectivity index (χ1n) is 7.40. The van der Waals surface area contributed by atoms with Crippen molar-refractivity contribution in [1.82, 2.24) is 10.3 Å². The monoisotopic (exact) mass is 492 g/mol. The highest BCUT2D eigenvalue weighted by atomic mass is 79.9. The number of carbonyl (C=O) groups excluding carboxylic acids is 1. The van der Waals surface area contributed by atoms with Crippen molar-refractivity contribution in [3.8, 4) is 0 Å². The number of nitrogens with one attached hydrogen (secondary N) is 1. The quantitative estimate of drug-likeness (QED) is 0.631. The minimum absolute atomic E-state index is 0.0646. The van der Waals surface area contributed by atoms with Gasteiger partial charge in [-0.25, -0.2) is 0 Å². The number of halogens is 3. The summed E-state index contributed by atoms with van der Waals surface area (Å²) in [6.45, 7) is 4.97. The van der Waals surface area contributed by atoms with Crippen LogP contribution in [0.1, 0.15) is 32.3 Å². The molecule has 3 atom stereocenters. The maximum atomic E-state index is 13.0. The molecule has 0 aromatic carbocycles. The van der Waals surface area contributed by atoms with Crippen LogP contribution in [0.2, 0.25) is 0 Å². The summed E-state index contributed by atoms with van der Waals surface area (Å²) < 4.78 is 0.202. The molecule has 6 heteroatoms. The molecule has 3 fully saturated rings. The lowest BCUT2D eigenvalue weighted by molar-refractivity contribution is -0.161. The van der Waals surface area contributed by atoms with Gasteiger partial charge in [0.15, 0.2) is 0 Å². The number of alkyl halides is 3. The highest BCUT2D eigenvalue weighted by Crippen LogP contribution is 2.82. The van der Waals surface area contributed by atoms with Gasteiger partial charge in [-0.2, -0.15) is 0 Å². The Labute approximate surface area is 156 Å². The van der Waals surface area contributed by atoms with Crippen molar-refractivity contribution in [1.29, 1.82) is 0 Å². The third-order valence-corrected chi connectivity index (χ3v) is 9.30. The van der Waals surface area contributed by atoms with Crippen LogP contribution < -0.4 is 5.32 Å². The smallest absolute Gasteiger partial charge is 0.228 e. The van der Waals surface area contributed by atoms with Crippen LogP contribution in [0.3, 0.4) is 0 Å². The van der Waals surface area contributed by atoms with E-state index in [0.717, 1.165) is 18.4 Å². The number of aromatic nitrogens is 1. The fourth-order valence-electron chi connectivity index (χ4n) is 4.54. The molecule has 0 saturated heterocycles. The second-order valence-corrected chi connectivity index (χ2v) is 10.8. The molecule has 2 bridgehead atoms. The number of hydrogen-bond donors (Lipinski definition) is 1. The molecule has 1 aromatic heterocycles. The van der Waals surface area contributed by atoms with Crippen LogP contribution in [0.4, 0.5) is 0 Å². The highest BCUT2D eigenvalue weighted by molar-refractivity contribution is 9.24. The van der Waals surface area contributed by atoms with Gasteiger partial charge >= 0.3 is 0 Å². The van der Waals surface area contributed by atoms with Crippen molar-refractivity contribution in [2.24, 2.45) is 16.2 Å². The van der Waals surface area contributed by atoms with Gasteiger partial charge in [0.1, 0.15) is 0 Å². The summed E-state index contributed by atoms with van der Waals surface area (Å²) in [4.78, 5) is 17.2. The summed E-state index contributed by atoms with van der Waals surface area (Å²) in [5.41, 5.74) is 0.692. The summed E-state index contributed by atoms with van der Waals surface area (Å²) in [5.74, 6) is 0.150. The second kappa shape index (κ2) is 5.55. The minimum atomic E-state index is -0.338. The zero-order valence-corrected chi connectivity index (χ0v) is 17.3. The molecule has 1 N–H and O–H groups in total. The van der Waals surface area contributed by atoms with E-state index in [1.165, 1.54) is 0 Å². The summed E-state index contributed by atoms with van der Waals surface area (Å²) >= 11 is 11.3. The molecule has 1 aromatic rings. The van der Waals surface area contributed by atoms with Gasteiger partial charge in [0, 0.05) is 29.2 Å². The standard InChI is InChI=1S/C16H19Br3N2O/c1-14(2)15(12(18)19)5-6-16(14,11(15)17)13(22)21-9-10-4-3-7-20-8-10/h3-4,7-8,11-12H,5-6,9H2,1-2H3,(H,21,22)/t11-,15+,16+/m1/s1. The van der Waals surface area contributed by atoms with E-state index in [9.17, 15) is 4.79 Å². The Morgan fingerprint density at radius 1 is 1.45 bits per heavy atom. The van der Waals surface area contributed by atoms with Crippen molar-refractivity contribution in [2.75, 3.05) is 0 Å². The average molecular weight is 495 g/mol. The topological polar surface area (TPSA) is 42.0 Å². The van der Waals surface area contributed by atoms with E-state index in [2.05, 4.69) is 71.9 Å². The first-order chi connectivity index (χ1) is 10.3. The van der Waals surface area contributed by atoms with Crippen LogP contribution in [-0.4, -0.2) is 19.5 Å². The number of fused-ring (bicyclic) bond motifs is 1. The molecule has 3 aliphatic rings. The van der Waals surface area contributed by atoms with Gasteiger partial charge < -0.3 is 5.32 Å². The van der Waals surface area contributed by atoms with Crippen LogP contribution >= 0.6 is 47.8 Å². The first-order valence-corrected chi connectivity index (χ1v) is 10.1. The minimum Gasteiger partial charge on any atom is -0.351 e. The Kier molecular flexibility index (Phi) is 4.27. The fourth-order valence-corrected chi connectivity index (χ4v) is 9.46. The lowest BCUT2D eigenvalue weighted by Crippen LogP contribution is -2.72. The molecule has 120 valence electrons. The van der Waals surface area contributed by atoms with Gasteiger partial charge in [-0.1, -0.05) is 67.7 Å². The summed E-state index contributed by atoms with van der Waals surface area (Å²) in [6.07, 6.45) is 5.49. The predicted octanol–water partition coefficient (Wildman–Crippen LogP) is 4.38. The Hall–Kier alpha value is 0.0600. The van der Waals surface area contributed by atoms with Gasteiger partial charge in [-0.3, -0.25) is 9.78 Å². The van der Waals surface area contributed by atoms with Gasteiger partial charge in [-0.15, -0.1) is 0 Å². The predicted molar refractivity (Wildman–Crippen MR) is 98.3 cm³/mol. The number of hydrogen-bond acceptors (Lipinski definition) is 2. The third kappa shape index (κ3) is 1.89. The normalized spacial score (nSPS) is 35.3. The lowest BCUT2D eigenvalue weighted by atomic mass is 9.43. The molecule has 3 nitrogen and oxygen atoms in total. The van der Waals surface area contributed by atoms with Gasteiger partial charge in [0.25, 0.3) is 0 Å². The molecule has 22 heavy (non-hydrogen) atoms. The first kappa shape index (κ1) is 16.9. The van der Waals surface area contributed by atoms with Gasteiger partial charge in [0.05, 0.1) is 9.15 Å². The summed E-state index contributed by atoms with van der Waals surface area (Å²) in [5, 5.41) is 3.12. The number of carbonyl (C=O) groups is 1. The maximum absolute atomic E-state index is 13.0. The Morgan fingerprint density at radius 2 is 2.18 bits per heavy atom. The van der Waals surface area contributed by atoms with Crippen LogP contribution in [0, 0.1) is 16.2 Å². The zero-order valence-electron chi connectivity index (χ0n) is 12.6. The van der Waals surface area contributed by atoms with E-state index in [0.29, 0.717) is 6.54 Å². The lowest BCUT2D eigenvalue weighted by Gasteiger charge is -2.66. The second-order valence-electron chi connectivity index (χ2n) is 6.84. The Morgan fingerprint density at radius 3 is 2.68 bits per heavy atom. The highest BCUT2D eigenvalue weighted by Gasteiger charge is 2.83. The molecule has 0 spiro atoms. The summed E-state index contributed by atoms with van der Waals surface area (Å²) in [7, 11) is 0. The maximum Gasteiger partial charge on any atom is 0.228 e. The van der Waals surface area contributed by atoms with E-state index in [-0.39, 0.29) is 30.7 Å². The largest absolute Gasteiger partial charge is 0.351 e. The summed E-state index contributed by atoms with van der Waals surface area (Å²) in [6, 6.07) is 3.87. The van der Waals surface area contributed by atoms with Crippen LogP contribution in [-0.2, 0) is 11.3 Å². The van der Waals surface area contributed by atoms with Crippen molar-refractivity contribution < 1.29 is 4.79 Å². The molecule has 0 unspecified atom stereocenters. The van der Waals surface area contributed by atoms with E-state index < -0.39 is 0 Å². The van der Waals surface area contributed by atoms with E-state index in [4.69, 9.17) is 0 Å². The number of nitrogens with zero attached hydrogens (tertiary/aromatic N) is 1. The molecule has 1 amide bonds. The van der Waals surface area contributed by atoms with E-state index >= 15 is 0 Å². The molecule has 0 aliphatic heterocycles.